The van der Waals surface area contributed by atoms with Gasteiger partial charge in [-0.05, 0) is 12.1 Å². The first kappa shape index (κ1) is 6.47. The molecule has 0 spiro atoms. The van der Waals surface area contributed by atoms with E-state index in [0.29, 0.717) is 5.65 Å². The van der Waals surface area contributed by atoms with Crippen LogP contribution in [0.1, 0.15) is 0 Å². The summed E-state index contributed by atoms with van der Waals surface area (Å²) in [7, 11) is 0. The van der Waals surface area contributed by atoms with Gasteiger partial charge in [-0.3, -0.25) is 0 Å². The lowest BCUT2D eigenvalue weighted by atomic mass is 10.4. The standard InChI is InChI=1S/C8H5N5/c1-2-7-8-10-5-13(7)11-4-9-3-6(1)12-8/h1-5H. The van der Waals surface area contributed by atoms with Gasteiger partial charge in [0.2, 0.25) is 0 Å². The molecule has 4 aromatic rings. The molecule has 13 heavy (non-hydrogen) atoms. The Labute approximate surface area is 73.1 Å². The highest BCUT2D eigenvalue weighted by Gasteiger charge is 1.99. The zero-order chi connectivity index (χ0) is 8.67. The Balaban J connectivity index is 2.72. The van der Waals surface area contributed by atoms with Crippen LogP contribution in [0.4, 0.5) is 0 Å². The number of imidazole rings is 1. The molecule has 4 rings (SSSR count). The van der Waals surface area contributed by atoms with Crippen molar-refractivity contribution >= 4 is 16.7 Å². The van der Waals surface area contributed by atoms with Gasteiger partial charge in [0, 0.05) is 0 Å². The average molecular weight is 171 g/mol. The van der Waals surface area contributed by atoms with E-state index in [1.807, 2.05) is 12.1 Å². The maximum Gasteiger partial charge on any atom is 0.180 e. The number of fused-ring (bicyclic) bond motifs is 4. The highest BCUT2D eigenvalue weighted by atomic mass is 15.3. The maximum atomic E-state index is 4.26. The van der Waals surface area contributed by atoms with E-state index in [1.165, 1.54) is 6.33 Å². The van der Waals surface area contributed by atoms with Crippen molar-refractivity contribution in [3.63, 3.8) is 0 Å². The first-order valence-electron chi connectivity index (χ1n) is 3.83. The smallest absolute Gasteiger partial charge is 0.180 e. The van der Waals surface area contributed by atoms with E-state index >= 15 is 0 Å². The first-order valence-corrected chi connectivity index (χ1v) is 3.83. The molecular formula is C8H5N5. The zero-order valence-electron chi connectivity index (χ0n) is 6.62. The van der Waals surface area contributed by atoms with Gasteiger partial charge in [-0.2, -0.15) is 5.10 Å². The molecule has 0 saturated carbocycles. The fourth-order valence-corrected chi connectivity index (χ4v) is 1.26. The Morgan fingerprint density at radius 1 is 1.23 bits per heavy atom. The summed E-state index contributed by atoms with van der Waals surface area (Å²) in [6, 6.07) is 3.82. The van der Waals surface area contributed by atoms with Crippen LogP contribution in [0, 0.1) is 0 Å². The molecule has 0 saturated heterocycles. The summed E-state index contributed by atoms with van der Waals surface area (Å²) in [5.41, 5.74) is 2.39. The molecule has 0 aliphatic heterocycles. The SMILES string of the molecule is c1ncc2ccc3c(ncn3n1)n2. The molecule has 0 aliphatic carbocycles. The van der Waals surface area contributed by atoms with Gasteiger partial charge in [-0.1, -0.05) is 0 Å². The van der Waals surface area contributed by atoms with Crippen LogP contribution < -0.4 is 0 Å². The minimum atomic E-state index is 0.697. The van der Waals surface area contributed by atoms with Crippen molar-refractivity contribution in [3.05, 3.63) is 31.0 Å². The summed E-state index contributed by atoms with van der Waals surface area (Å²) in [6.45, 7) is 0. The molecule has 4 heterocycles. The van der Waals surface area contributed by atoms with Crippen LogP contribution in [0.2, 0.25) is 0 Å². The van der Waals surface area contributed by atoms with Crippen LogP contribution in [-0.2, 0) is 0 Å². The number of pyridine rings is 1. The molecule has 4 aromatic heterocycles. The van der Waals surface area contributed by atoms with E-state index in [-0.39, 0.29) is 0 Å². The molecule has 0 amide bonds. The quantitative estimate of drug-likeness (QED) is 0.499. The van der Waals surface area contributed by atoms with Crippen molar-refractivity contribution in [2.45, 2.75) is 0 Å². The molecular weight excluding hydrogens is 166 g/mol. The van der Waals surface area contributed by atoms with E-state index in [2.05, 4.69) is 20.1 Å². The molecule has 0 atom stereocenters. The summed E-state index contributed by atoms with van der Waals surface area (Å²) in [5.74, 6) is 0. The Morgan fingerprint density at radius 3 is 3.23 bits per heavy atom. The first-order chi connectivity index (χ1) is 6.43. The van der Waals surface area contributed by atoms with Crippen molar-refractivity contribution in [1.29, 1.82) is 0 Å². The van der Waals surface area contributed by atoms with Gasteiger partial charge in [0.1, 0.15) is 18.2 Å². The number of hydrogen-bond acceptors (Lipinski definition) is 4. The van der Waals surface area contributed by atoms with E-state index in [0.717, 1.165) is 11.0 Å². The van der Waals surface area contributed by atoms with Crippen molar-refractivity contribution in [2.75, 3.05) is 0 Å². The van der Waals surface area contributed by atoms with Crippen LogP contribution in [0.5, 0.6) is 0 Å². The normalized spacial score (nSPS) is 11.1. The lowest BCUT2D eigenvalue weighted by Gasteiger charge is -1.87. The van der Waals surface area contributed by atoms with Crippen LogP contribution in [0.25, 0.3) is 16.7 Å². The minimum absolute atomic E-state index is 0.697. The molecule has 5 heteroatoms. The molecule has 0 N–H and O–H groups in total. The highest BCUT2D eigenvalue weighted by molar-refractivity contribution is 5.73. The summed E-state index contributed by atoms with van der Waals surface area (Å²) in [4.78, 5) is 12.3. The molecule has 5 nitrogen and oxygen atoms in total. The molecule has 4 bridgehead atoms. The summed E-state index contributed by atoms with van der Waals surface area (Å²) in [6.07, 6.45) is 4.75. The fourth-order valence-electron chi connectivity index (χ4n) is 1.26. The van der Waals surface area contributed by atoms with Crippen LogP contribution in [0.15, 0.2) is 31.0 Å². The van der Waals surface area contributed by atoms with E-state index in [9.17, 15) is 0 Å². The van der Waals surface area contributed by atoms with Gasteiger partial charge in [-0.25, -0.2) is 19.5 Å². The maximum absolute atomic E-state index is 4.26. The largest absolute Gasteiger partial charge is 0.241 e. The predicted octanol–water partition coefficient (Wildman–Crippen LogP) is 0.672. The monoisotopic (exact) mass is 171 g/mol. The number of rotatable bonds is 0. The average Bonchev–Trinajstić information content (AvgIpc) is 2.60. The van der Waals surface area contributed by atoms with E-state index < -0.39 is 0 Å². The van der Waals surface area contributed by atoms with Crippen molar-refractivity contribution in [3.8, 4) is 0 Å². The van der Waals surface area contributed by atoms with Crippen molar-refractivity contribution in [2.24, 2.45) is 0 Å². The molecule has 62 valence electrons. The summed E-state index contributed by atoms with van der Waals surface area (Å²) in [5, 5.41) is 4.06. The lowest BCUT2D eigenvalue weighted by molar-refractivity contribution is 0.913. The number of nitrogens with zero attached hydrogens (tertiary/aromatic N) is 5. The molecule has 0 aliphatic rings. The predicted molar refractivity (Wildman–Crippen MR) is 46.1 cm³/mol. The lowest BCUT2D eigenvalue weighted by Crippen LogP contribution is -1.83. The summed E-state index contributed by atoms with van der Waals surface area (Å²) < 4.78 is 1.65. The second-order valence-corrected chi connectivity index (χ2v) is 2.68. The van der Waals surface area contributed by atoms with Gasteiger partial charge in [0.25, 0.3) is 0 Å². The second kappa shape index (κ2) is 2.22. The van der Waals surface area contributed by atoms with Crippen LogP contribution in [0.3, 0.4) is 0 Å². The Morgan fingerprint density at radius 2 is 2.23 bits per heavy atom. The third-order valence-corrected chi connectivity index (χ3v) is 1.86. The van der Waals surface area contributed by atoms with E-state index in [4.69, 9.17) is 0 Å². The summed E-state index contributed by atoms with van der Waals surface area (Å²) >= 11 is 0. The van der Waals surface area contributed by atoms with Crippen molar-refractivity contribution < 1.29 is 0 Å². The van der Waals surface area contributed by atoms with Gasteiger partial charge in [0.05, 0.1) is 11.7 Å². The Hall–Kier alpha value is -2.04. The van der Waals surface area contributed by atoms with Crippen molar-refractivity contribution in [1.82, 2.24) is 24.6 Å². The number of aromatic nitrogens is 5. The topological polar surface area (TPSA) is 56.0 Å². The number of hydrogen-bond donors (Lipinski definition) is 0. The molecule has 0 fully saturated rings. The van der Waals surface area contributed by atoms with Crippen LogP contribution >= 0.6 is 0 Å². The Kier molecular flexibility index (Phi) is 1.11. The minimum Gasteiger partial charge on any atom is -0.241 e. The third kappa shape index (κ3) is 0.868. The fraction of sp³-hybridized carbons (Fsp3) is 0. The van der Waals surface area contributed by atoms with Gasteiger partial charge in [-0.15, -0.1) is 0 Å². The van der Waals surface area contributed by atoms with Crippen LogP contribution in [-0.4, -0.2) is 24.6 Å². The van der Waals surface area contributed by atoms with Gasteiger partial charge < -0.3 is 0 Å². The molecule has 0 radical (unpaired) electrons. The highest BCUT2D eigenvalue weighted by Crippen LogP contribution is 2.08. The zero-order valence-corrected chi connectivity index (χ0v) is 6.62. The second-order valence-electron chi connectivity index (χ2n) is 2.68. The van der Waals surface area contributed by atoms with Gasteiger partial charge in [0.15, 0.2) is 5.65 Å². The third-order valence-electron chi connectivity index (χ3n) is 1.86. The Bertz CT molecular complexity index is 556. The van der Waals surface area contributed by atoms with Gasteiger partial charge >= 0.3 is 0 Å². The van der Waals surface area contributed by atoms with E-state index in [1.54, 1.807) is 17.0 Å². The molecule has 0 unspecified atom stereocenters. The molecule has 0 aromatic carbocycles.